The van der Waals surface area contributed by atoms with E-state index in [4.69, 9.17) is 0 Å². The lowest BCUT2D eigenvalue weighted by molar-refractivity contribution is 0.0770. The minimum absolute atomic E-state index is 0.233. The predicted molar refractivity (Wildman–Crippen MR) is 82.3 cm³/mol. The standard InChI is InChI=1S/C14H22N2O2S2/c1-2-7-20(17,18)16-11-14(12-16)4-5-15(10-14)8-13-3-6-19-9-13/h3,6,9H,2,4-5,7-8,10-12H2,1H3. The van der Waals surface area contributed by atoms with E-state index in [0.29, 0.717) is 12.2 Å². The van der Waals surface area contributed by atoms with E-state index in [1.165, 1.54) is 5.56 Å². The number of nitrogens with zero attached hydrogens (tertiary/aromatic N) is 2. The van der Waals surface area contributed by atoms with Gasteiger partial charge in [0.1, 0.15) is 0 Å². The van der Waals surface area contributed by atoms with Crippen LogP contribution in [0, 0.1) is 5.41 Å². The highest BCUT2D eigenvalue weighted by molar-refractivity contribution is 7.89. The Morgan fingerprint density at radius 2 is 2.15 bits per heavy atom. The fraction of sp³-hybridized carbons (Fsp3) is 0.714. The molecule has 0 aliphatic carbocycles. The molecule has 0 atom stereocenters. The second-order valence-corrected chi connectivity index (χ2v) is 9.04. The first-order valence-electron chi connectivity index (χ1n) is 7.24. The summed E-state index contributed by atoms with van der Waals surface area (Å²) in [7, 11) is -2.99. The molecular weight excluding hydrogens is 292 g/mol. The summed E-state index contributed by atoms with van der Waals surface area (Å²) in [6.45, 7) is 6.53. The maximum atomic E-state index is 12.0. The Kier molecular flexibility index (Phi) is 3.92. The van der Waals surface area contributed by atoms with Gasteiger partial charge < -0.3 is 0 Å². The molecule has 0 radical (unpaired) electrons. The number of hydrogen-bond donors (Lipinski definition) is 0. The van der Waals surface area contributed by atoms with Gasteiger partial charge >= 0.3 is 0 Å². The Balaban J connectivity index is 1.54. The van der Waals surface area contributed by atoms with Crippen LogP contribution in [0.15, 0.2) is 16.8 Å². The van der Waals surface area contributed by atoms with E-state index >= 15 is 0 Å². The first kappa shape index (κ1) is 14.5. The van der Waals surface area contributed by atoms with E-state index in [1.54, 1.807) is 15.6 Å². The van der Waals surface area contributed by atoms with Crippen LogP contribution in [0.4, 0.5) is 0 Å². The van der Waals surface area contributed by atoms with Gasteiger partial charge in [0.25, 0.3) is 0 Å². The summed E-state index contributed by atoms with van der Waals surface area (Å²) in [5.41, 5.74) is 1.61. The van der Waals surface area contributed by atoms with Gasteiger partial charge in [-0.1, -0.05) is 6.92 Å². The van der Waals surface area contributed by atoms with Crippen molar-refractivity contribution in [3.05, 3.63) is 22.4 Å². The Bertz CT molecular complexity index is 548. The molecule has 0 saturated carbocycles. The maximum absolute atomic E-state index is 12.0. The summed E-state index contributed by atoms with van der Waals surface area (Å²) >= 11 is 1.74. The van der Waals surface area contributed by atoms with Crippen molar-refractivity contribution in [2.75, 3.05) is 31.9 Å². The molecule has 0 N–H and O–H groups in total. The van der Waals surface area contributed by atoms with Crippen LogP contribution < -0.4 is 0 Å². The average molecular weight is 314 g/mol. The van der Waals surface area contributed by atoms with Gasteiger partial charge in [-0.25, -0.2) is 12.7 Å². The lowest BCUT2D eigenvalue weighted by Crippen LogP contribution is -2.59. The summed E-state index contributed by atoms with van der Waals surface area (Å²) in [5.74, 6) is 0.293. The van der Waals surface area contributed by atoms with E-state index < -0.39 is 10.0 Å². The van der Waals surface area contributed by atoms with Crippen LogP contribution in [0.3, 0.4) is 0 Å². The van der Waals surface area contributed by atoms with Crippen LogP contribution in [-0.2, 0) is 16.6 Å². The van der Waals surface area contributed by atoms with Gasteiger partial charge in [0.05, 0.1) is 5.75 Å². The van der Waals surface area contributed by atoms with Crippen molar-refractivity contribution in [2.24, 2.45) is 5.41 Å². The molecule has 3 rings (SSSR count). The summed E-state index contributed by atoms with van der Waals surface area (Å²) in [5, 5.41) is 4.31. The second-order valence-electron chi connectivity index (χ2n) is 6.18. The highest BCUT2D eigenvalue weighted by Gasteiger charge is 2.50. The van der Waals surface area contributed by atoms with Crippen molar-refractivity contribution in [1.82, 2.24) is 9.21 Å². The van der Waals surface area contributed by atoms with Crippen LogP contribution >= 0.6 is 11.3 Å². The molecule has 6 heteroatoms. The number of thiophene rings is 1. The molecule has 2 aliphatic heterocycles. The van der Waals surface area contributed by atoms with Crippen LogP contribution in [0.2, 0.25) is 0 Å². The Labute approximate surface area is 125 Å². The zero-order valence-electron chi connectivity index (χ0n) is 11.9. The number of rotatable bonds is 5. The molecule has 112 valence electrons. The van der Waals surface area contributed by atoms with Gasteiger partial charge in [-0.05, 0) is 41.8 Å². The van der Waals surface area contributed by atoms with E-state index in [-0.39, 0.29) is 5.41 Å². The van der Waals surface area contributed by atoms with Gasteiger partial charge in [0.2, 0.25) is 10.0 Å². The van der Waals surface area contributed by atoms with Gasteiger partial charge in [0, 0.05) is 31.6 Å². The van der Waals surface area contributed by atoms with Crippen molar-refractivity contribution in [2.45, 2.75) is 26.3 Å². The molecule has 2 saturated heterocycles. The van der Waals surface area contributed by atoms with Crippen LogP contribution in [-0.4, -0.2) is 49.6 Å². The van der Waals surface area contributed by atoms with Crippen LogP contribution in [0.1, 0.15) is 25.3 Å². The van der Waals surface area contributed by atoms with Gasteiger partial charge in [-0.3, -0.25) is 4.90 Å². The first-order chi connectivity index (χ1) is 9.53. The summed E-state index contributed by atoms with van der Waals surface area (Å²) in [4.78, 5) is 2.46. The molecule has 2 fully saturated rings. The Hall–Kier alpha value is -0.430. The number of hydrogen-bond acceptors (Lipinski definition) is 4. The third kappa shape index (κ3) is 2.79. The minimum Gasteiger partial charge on any atom is -0.298 e. The quantitative estimate of drug-likeness (QED) is 0.834. The third-order valence-corrected chi connectivity index (χ3v) is 7.08. The van der Waals surface area contributed by atoms with E-state index in [9.17, 15) is 8.42 Å². The third-order valence-electron chi connectivity index (χ3n) is 4.38. The molecule has 1 aromatic heterocycles. The highest BCUT2D eigenvalue weighted by atomic mass is 32.2. The molecule has 4 nitrogen and oxygen atoms in total. The second kappa shape index (κ2) is 5.40. The normalized spacial score (nSPS) is 23.2. The zero-order valence-corrected chi connectivity index (χ0v) is 13.5. The SMILES string of the molecule is CCCS(=O)(=O)N1CC2(CCN(Cc3ccsc3)C2)C1. The van der Waals surface area contributed by atoms with Crippen LogP contribution in [0.25, 0.3) is 0 Å². The first-order valence-corrected chi connectivity index (χ1v) is 9.79. The lowest BCUT2D eigenvalue weighted by atomic mass is 9.81. The molecule has 3 heterocycles. The molecule has 20 heavy (non-hydrogen) atoms. The van der Waals surface area contributed by atoms with Crippen molar-refractivity contribution < 1.29 is 8.42 Å². The highest BCUT2D eigenvalue weighted by Crippen LogP contribution is 2.41. The fourth-order valence-electron chi connectivity index (χ4n) is 3.35. The largest absolute Gasteiger partial charge is 0.298 e. The fourth-order valence-corrected chi connectivity index (χ4v) is 5.72. The van der Waals surface area contributed by atoms with Crippen molar-refractivity contribution in [1.29, 1.82) is 0 Å². The van der Waals surface area contributed by atoms with Gasteiger partial charge in [-0.15, -0.1) is 0 Å². The smallest absolute Gasteiger partial charge is 0.214 e. The Morgan fingerprint density at radius 3 is 2.80 bits per heavy atom. The topological polar surface area (TPSA) is 40.6 Å². The number of likely N-dealkylation sites (tertiary alicyclic amines) is 1. The van der Waals surface area contributed by atoms with Crippen molar-refractivity contribution in [3.63, 3.8) is 0 Å². The summed E-state index contributed by atoms with van der Waals surface area (Å²) < 4.78 is 25.7. The zero-order chi connectivity index (χ0) is 14.2. The van der Waals surface area contributed by atoms with E-state index in [2.05, 4.69) is 21.7 Å². The van der Waals surface area contributed by atoms with E-state index in [1.807, 2.05) is 6.92 Å². The lowest BCUT2D eigenvalue weighted by Gasteiger charge is -2.47. The summed E-state index contributed by atoms with van der Waals surface area (Å²) in [6.07, 6.45) is 1.84. The van der Waals surface area contributed by atoms with Crippen molar-refractivity contribution >= 4 is 21.4 Å². The van der Waals surface area contributed by atoms with Gasteiger partial charge in [0.15, 0.2) is 0 Å². The van der Waals surface area contributed by atoms with Crippen molar-refractivity contribution in [3.8, 4) is 0 Å². The Morgan fingerprint density at radius 1 is 1.35 bits per heavy atom. The average Bonchev–Trinajstić information content (AvgIpc) is 2.96. The molecule has 1 spiro atoms. The molecule has 0 unspecified atom stereocenters. The molecule has 1 aromatic rings. The molecule has 0 bridgehead atoms. The molecule has 0 amide bonds. The van der Waals surface area contributed by atoms with Crippen LogP contribution in [0.5, 0.6) is 0 Å². The molecule has 0 aromatic carbocycles. The number of sulfonamides is 1. The monoisotopic (exact) mass is 314 g/mol. The molecule has 2 aliphatic rings. The predicted octanol–water partition coefficient (Wildman–Crippen LogP) is 2.00. The minimum atomic E-state index is -2.99. The molecular formula is C14H22N2O2S2. The summed E-state index contributed by atoms with van der Waals surface area (Å²) in [6, 6.07) is 2.18. The maximum Gasteiger partial charge on any atom is 0.214 e. The van der Waals surface area contributed by atoms with Gasteiger partial charge in [-0.2, -0.15) is 11.3 Å². The van der Waals surface area contributed by atoms with E-state index in [0.717, 1.165) is 39.1 Å².